The minimum atomic E-state index is -0.179. The van der Waals surface area contributed by atoms with Gasteiger partial charge in [0.05, 0.1) is 0 Å². The summed E-state index contributed by atoms with van der Waals surface area (Å²) in [5, 5.41) is 5.74. The Morgan fingerprint density at radius 2 is 1.69 bits per heavy atom. The number of nitrogens with zero attached hydrogens (tertiary/aromatic N) is 5. The van der Waals surface area contributed by atoms with Gasteiger partial charge in [-0.1, -0.05) is 30.3 Å². The Balaban J connectivity index is 1.21. The number of piperazine rings is 1. The summed E-state index contributed by atoms with van der Waals surface area (Å²) in [6.45, 7) is 6.21. The number of aromatic nitrogens is 2. The zero-order valence-corrected chi connectivity index (χ0v) is 18.7. The van der Waals surface area contributed by atoms with Crippen LogP contribution in [0.1, 0.15) is 18.4 Å². The minimum Gasteiger partial charge on any atom is -0.356 e. The summed E-state index contributed by atoms with van der Waals surface area (Å²) in [6.07, 6.45) is 4.72. The van der Waals surface area contributed by atoms with E-state index in [-0.39, 0.29) is 18.4 Å². The van der Waals surface area contributed by atoms with Crippen LogP contribution in [0.2, 0.25) is 0 Å². The lowest BCUT2D eigenvalue weighted by Gasteiger charge is -2.34. The van der Waals surface area contributed by atoms with E-state index in [2.05, 4.69) is 30.4 Å². The van der Waals surface area contributed by atoms with Crippen molar-refractivity contribution in [2.45, 2.75) is 19.4 Å². The fourth-order valence-corrected chi connectivity index (χ4v) is 3.59. The average molecular weight is 440 g/mol. The van der Waals surface area contributed by atoms with Crippen LogP contribution in [0.5, 0.6) is 0 Å². The Hall–Kier alpha value is -3.20. The van der Waals surface area contributed by atoms with E-state index in [0.717, 1.165) is 50.7 Å². The highest BCUT2D eigenvalue weighted by Gasteiger charge is 2.18. The van der Waals surface area contributed by atoms with Crippen molar-refractivity contribution >= 4 is 17.9 Å². The second-order valence-electron chi connectivity index (χ2n) is 7.90. The van der Waals surface area contributed by atoms with E-state index in [9.17, 15) is 9.59 Å². The summed E-state index contributed by atoms with van der Waals surface area (Å²) in [7, 11) is 1.75. The quantitative estimate of drug-likeness (QED) is 0.543. The van der Waals surface area contributed by atoms with Crippen LogP contribution in [-0.2, 0) is 11.3 Å². The van der Waals surface area contributed by atoms with E-state index in [0.29, 0.717) is 19.6 Å². The number of amides is 3. The summed E-state index contributed by atoms with van der Waals surface area (Å²) in [5.74, 6) is 0.750. The molecule has 1 aromatic heterocycles. The van der Waals surface area contributed by atoms with Gasteiger partial charge < -0.3 is 20.4 Å². The molecule has 1 saturated heterocycles. The van der Waals surface area contributed by atoms with E-state index in [1.807, 2.05) is 36.4 Å². The molecule has 32 heavy (non-hydrogen) atoms. The molecule has 0 bridgehead atoms. The van der Waals surface area contributed by atoms with E-state index in [1.54, 1.807) is 24.3 Å². The lowest BCUT2D eigenvalue weighted by molar-refractivity contribution is -0.120. The predicted octanol–water partition coefficient (Wildman–Crippen LogP) is 1.34. The highest BCUT2D eigenvalue weighted by molar-refractivity contribution is 5.78. The second-order valence-corrected chi connectivity index (χ2v) is 7.90. The Kier molecular flexibility index (Phi) is 9.24. The molecular weight excluding hydrogens is 406 g/mol. The topological polar surface area (TPSA) is 93.7 Å². The van der Waals surface area contributed by atoms with Crippen LogP contribution in [0, 0.1) is 0 Å². The molecule has 2 heterocycles. The lowest BCUT2D eigenvalue weighted by atomic mass is 10.2. The molecule has 1 aliphatic heterocycles. The number of carbonyl (C=O) groups is 2. The summed E-state index contributed by atoms with van der Waals surface area (Å²) >= 11 is 0. The molecule has 1 aromatic carbocycles. The first-order valence-corrected chi connectivity index (χ1v) is 11.2. The van der Waals surface area contributed by atoms with E-state index < -0.39 is 0 Å². The van der Waals surface area contributed by atoms with Crippen LogP contribution in [0.25, 0.3) is 0 Å². The maximum atomic E-state index is 12.1. The molecule has 9 nitrogen and oxygen atoms in total. The normalized spacial score (nSPS) is 14.1. The highest BCUT2D eigenvalue weighted by atomic mass is 16.2. The largest absolute Gasteiger partial charge is 0.356 e. The highest BCUT2D eigenvalue weighted by Crippen LogP contribution is 2.09. The third-order valence-electron chi connectivity index (χ3n) is 5.42. The van der Waals surface area contributed by atoms with Gasteiger partial charge in [-0.2, -0.15) is 0 Å². The zero-order chi connectivity index (χ0) is 22.6. The molecule has 9 heteroatoms. The first kappa shape index (κ1) is 23.5. The number of nitrogens with one attached hydrogen (secondary N) is 2. The average Bonchev–Trinajstić information content (AvgIpc) is 2.83. The van der Waals surface area contributed by atoms with E-state index >= 15 is 0 Å². The molecule has 3 rings (SSSR count). The van der Waals surface area contributed by atoms with Gasteiger partial charge in [-0.05, 0) is 24.6 Å². The molecule has 0 spiro atoms. The van der Waals surface area contributed by atoms with Crippen molar-refractivity contribution in [3.05, 3.63) is 54.4 Å². The van der Waals surface area contributed by atoms with Gasteiger partial charge in [-0.15, -0.1) is 0 Å². The second kappa shape index (κ2) is 12.6. The number of benzene rings is 1. The smallest absolute Gasteiger partial charge is 0.317 e. The van der Waals surface area contributed by atoms with Crippen molar-refractivity contribution in [1.82, 2.24) is 30.4 Å². The molecule has 0 unspecified atom stereocenters. The first-order valence-electron chi connectivity index (χ1n) is 11.2. The van der Waals surface area contributed by atoms with Crippen molar-refractivity contribution in [1.29, 1.82) is 0 Å². The van der Waals surface area contributed by atoms with Crippen LogP contribution in [0.4, 0.5) is 10.7 Å². The Labute approximate surface area is 189 Å². The lowest BCUT2D eigenvalue weighted by Crippen LogP contribution is -2.47. The Morgan fingerprint density at radius 3 is 2.41 bits per heavy atom. The molecule has 0 aliphatic carbocycles. The monoisotopic (exact) mass is 439 g/mol. The third kappa shape index (κ3) is 7.81. The Morgan fingerprint density at radius 1 is 0.969 bits per heavy atom. The molecule has 1 fully saturated rings. The zero-order valence-electron chi connectivity index (χ0n) is 18.7. The molecular formula is C23H33N7O2. The summed E-state index contributed by atoms with van der Waals surface area (Å²) < 4.78 is 0. The number of anilines is 1. The number of hydrogen-bond donors (Lipinski definition) is 2. The van der Waals surface area contributed by atoms with Crippen molar-refractivity contribution in [3.8, 4) is 0 Å². The van der Waals surface area contributed by atoms with Gasteiger partial charge in [-0.25, -0.2) is 14.8 Å². The number of rotatable bonds is 10. The van der Waals surface area contributed by atoms with Crippen LogP contribution in [0.3, 0.4) is 0 Å². The number of carbonyl (C=O) groups excluding carboxylic acids is 2. The maximum absolute atomic E-state index is 12.1. The SMILES string of the molecule is CN(Cc1ccccc1)C(=O)NCCC(=O)NCCCN1CCN(c2ncccn2)CC1. The van der Waals surface area contributed by atoms with Crippen LogP contribution < -0.4 is 15.5 Å². The summed E-state index contributed by atoms with van der Waals surface area (Å²) in [5.41, 5.74) is 1.07. The first-order chi connectivity index (χ1) is 15.6. The summed E-state index contributed by atoms with van der Waals surface area (Å²) in [6, 6.07) is 11.5. The van der Waals surface area contributed by atoms with E-state index in [1.165, 1.54) is 0 Å². The van der Waals surface area contributed by atoms with Gasteiger partial charge in [0.15, 0.2) is 0 Å². The van der Waals surface area contributed by atoms with Gasteiger partial charge in [0.2, 0.25) is 11.9 Å². The van der Waals surface area contributed by atoms with Crippen LogP contribution >= 0.6 is 0 Å². The predicted molar refractivity (Wildman–Crippen MR) is 124 cm³/mol. The number of hydrogen-bond acceptors (Lipinski definition) is 6. The Bertz CT molecular complexity index is 827. The van der Waals surface area contributed by atoms with Crippen LogP contribution in [0.15, 0.2) is 48.8 Å². The fraction of sp³-hybridized carbons (Fsp3) is 0.478. The maximum Gasteiger partial charge on any atom is 0.317 e. The van der Waals surface area contributed by atoms with Crippen molar-refractivity contribution in [3.63, 3.8) is 0 Å². The summed E-state index contributed by atoms with van der Waals surface area (Å²) in [4.78, 5) is 39.0. The van der Waals surface area contributed by atoms with Crippen molar-refractivity contribution in [2.24, 2.45) is 0 Å². The standard InChI is InChI=1S/C23H33N7O2/c1-28(19-20-7-3-2-4-8-20)23(32)27-13-9-21(31)24-12-6-14-29-15-17-30(18-16-29)22-25-10-5-11-26-22/h2-5,7-8,10-11H,6,9,12-19H2,1H3,(H,24,31)(H,27,32). The molecule has 3 amide bonds. The van der Waals surface area contributed by atoms with E-state index in [4.69, 9.17) is 0 Å². The molecule has 0 atom stereocenters. The molecule has 172 valence electrons. The van der Waals surface area contributed by atoms with Gasteiger partial charge in [0.1, 0.15) is 0 Å². The van der Waals surface area contributed by atoms with Crippen LogP contribution in [-0.4, -0.2) is 84.6 Å². The molecule has 0 radical (unpaired) electrons. The van der Waals surface area contributed by atoms with Crippen molar-refractivity contribution < 1.29 is 9.59 Å². The van der Waals surface area contributed by atoms with Gasteiger partial charge in [0, 0.05) is 71.7 Å². The third-order valence-corrected chi connectivity index (χ3v) is 5.42. The molecule has 1 aliphatic rings. The minimum absolute atomic E-state index is 0.0398. The number of urea groups is 1. The molecule has 0 saturated carbocycles. The van der Waals surface area contributed by atoms with Gasteiger partial charge in [0.25, 0.3) is 0 Å². The fourth-order valence-electron chi connectivity index (χ4n) is 3.59. The molecule has 2 N–H and O–H groups in total. The van der Waals surface area contributed by atoms with Crippen molar-refractivity contribution in [2.75, 3.05) is 57.8 Å². The van der Waals surface area contributed by atoms with Gasteiger partial charge in [-0.3, -0.25) is 9.69 Å². The van der Waals surface area contributed by atoms with Gasteiger partial charge >= 0.3 is 6.03 Å². The molecule has 2 aromatic rings.